The number of hydrogen-bond donors (Lipinski definition) is 0. The molecule has 0 amide bonds. The molecule has 0 bridgehead atoms. The number of nitrogens with zero attached hydrogens (tertiary/aromatic N) is 2. The van der Waals surface area contributed by atoms with E-state index in [1.165, 1.54) is 6.08 Å². The molecule has 24 heavy (non-hydrogen) atoms. The predicted octanol–water partition coefficient (Wildman–Crippen LogP) is 4.29. The van der Waals surface area contributed by atoms with Gasteiger partial charge in [0.25, 0.3) is 0 Å². The summed E-state index contributed by atoms with van der Waals surface area (Å²) in [4.78, 5) is 12.3. The van der Waals surface area contributed by atoms with E-state index in [4.69, 9.17) is 4.42 Å². The van der Waals surface area contributed by atoms with Crippen LogP contribution in [0.2, 0.25) is 0 Å². The van der Waals surface area contributed by atoms with Gasteiger partial charge in [0.15, 0.2) is 0 Å². The molecule has 0 N–H and O–H groups in total. The van der Waals surface area contributed by atoms with Gasteiger partial charge in [0.2, 0.25) is 0 Å². The summed E-state index contributed by atoms with van der Waals surface area (Å²) in [6, 6.07) is 17.3. The van der Waals surface area contributed by atoms with E-state index in [1.807, 2.05) is 54.7 Å². The van der Waals surface area contributed by atoms with Crippen molar-refractivity contribution >= 4 is 17.0 Å². The predicted molar refractivity (Wildman–Crippen MR) is 95.1 cm³/mol. The summed E-state index contributed by atoms with van der Waals surface area (Å²) < 4.78 is 7.17. The van der Waals surface area contributed by atoms with Gasteiger partial charge >= 0.3 is 5.63 Å². The summed E-state index contributed by atoms with van der Waals surface area (Å²) in [6.07, 6.45) is 5.19. The van der Waals surface area contributed by atoms with Crippen LogP contribution in [-0.4, -0.2) is 9.78 Å². The van der Waals surface area contributed by atoms with Gasteiger partial charge in [-0.1, -0.05) is 49.1 Å². The molecule has 0 aliphatic carbocycles. The van der Waals surface area contributed by atoms with E-state index < -0.39 is 5.63 Å². The lowest BCUT2D eigenvalue weighted by Gasteiger charge is -2.07. The van der Waals surface area contributed by atoms with Gasteiger partial charge in [-0.05, 0) is 18.2 Å². The molecule has 0 saturated carbocycles. The number of aromatic nitrogens is 2. The third kappa shape index (κ3) is 2.25. The molecule has 4 heteroatoms. The quantitative estimate of drug-likeness (QED) is 0.530. The molecule has 0 fully saturated rings. The van der Waals surface area contributed by atoms with Crippen molar-refractivity contribution in [2.75, 3.05) is 0 Å². The normalized spacial score (nSPS) is 10.8. The van der Waals surface area contributed by atoms with Gasteiger partial charge < -0.3 is 4.42 Å². The van der Waals surface area contributed by atoms with Gasteiger partial charge in [0, 0.05) is 22.7 Å². The van der Waals surface area contributed by atoms with E-state index in [0.29, 0.717) is 11.1 Å². The summed E-state index contributed by atoms with van der Waals surface area (Å²) in [5.74, 6) is 0. The number of benzene rings is 2. The zero-order valence-corrected chi connectivity index (χ0v) is 12.8. The molecule has 4 rings (SSSR count). The second kappa shape index (κ2) is 5.66. The highest BCUT2D eigenvalue weighted by Gasteiger charge is 2.15. The zero-order chi connectivity index (χ0) is 16.5. The number of hydrogen-bond acceptors (Lipinski definition) is 3. The second-order valence-electron chi connectivity index (χ2n) is 5.39. The number of fused-ring (bicyclic) bond motifs is 1. The van der Waals surface area contributed by atoms with Gasteiger partial charge in [-0.3, -0.25) is 0 Å². The molecule has 0 unspecified atom stereocenters. The molecular formula is C20H14N2O2. The highest BCUT2D eigenvalue weighted by Crippen LogP contribution is 2.31. The Morgan fingerprint density at radius 3 is 2.58 bits per heavy atom. The number of para-hydroxylation sites is 2. The highest BCUT2D eigenvalue weighted by molar-refractivity contribution is 5.97. The van der Waals surface area contributed by atoms with Crippen LogP contribution in [-0.2, 0) is 0 Å². The van der Waals surface area contributed by atoms with Crippen LogP contribution in [0.25, 0.3) is 33.9 Å². The summed E-state index contributed by atoms with van der Waals surface area (Å²) in [5, 5.41) is 5.29. The zero-order valence-electron chi connectivity index (χ0n) is 12.8. The molecule has 0 radical (unpaired) electrons. The lowest BCUT2D eigenvalue weighted by Crippen LogP contribution is -2.05. The standard InChI is InChI=1S/C20H14N2O2/c1-2-16-19(17-10-6-7-11-18(17)24-20(16)23)14-12-21-22(13-14)15-8-4-3-5-9-15/h2-13H,1H2. The smallest absolute Gasteiger partial charge is 0.344 e. The third-order valence-corrected chi connectivity index (χ3v) is 3.94. The Labute approximate surface area is 138 Å². The van der Waals surface area contributed by atoms with Crippen LogP contribution >= 0.6 is 0 Å². The first-order chi connectivity index (χ1) is 11.8. The van der Waals surface area contributed by atoms with Crippen molar-refractivity contribution in [3.8, 4) is 16.8 Å². The molecule has 2 heterocycles. The van der Waals surface area contributed by atoms with E-state index in [-0.39, 0.29) is 0 Å². The van der Waals surface area contributed by atoms with E-state index in [0.717, 1.165) is 22.2 Å². The van der Waals surface area contributed by atoms with Crippen LogP contribution in [0.4, 0.5) is 0 Å². The molecule has 0 aliphatic rings. The van der Waals surface area contributed by atoms with Gasteiger partial charge in [-0.2, -0.15) is 5.10 Å². The third-order valence-electron chi connectivity index (χ3n) is 3.94. The minimum atomic E-state index is -0.397. The monoisotopic (exact) mass is 314 g/mol. The van der Waals surface area contributed by atoms with Crippen LogP contribution in [0.1, 0.15) is 5.56 Å². The molecule has 4 nitrogen and oxygen atoms in total. The molecule has 4 aromatic rings. The summed E-state index contributed by atoms with van der Waals surface area (Å²) in [5.41, 5.74) is 3.19. The maximum Gasteiger partial charge on any atom is 0.344 e. The first-order valence-corrected chi connectivity index (χ1v) is 7.56. The fourth-order valence-corrected chi connectivity index (χ4v) is 2.83. The first kappa shape index (κ1) is 14.2. The Bertz CT molecular complexity index is 1090. The summed E-state index contributed by atoms with van der Waals surface area (Å²) in [6.45, 7) is 3.76. The molecule has 2 aromatic heterocycles. The van der Waals surface area contributed by atoms with Gasteiger partial charge in [-0.15, -0.1) is 0 Å². The topological polar surface area (TPSA) is 48.0 Å². The molecule has 0 saturated heterocycles. The molecule has 0 atom stereocenters. The Hall–Kier alpha value is -3.40. The van der Waals surface area contributed by atoms with Gasteiger partial charge in [-0.25, -0.2) is 9.48 Å². The van der Waals surface area contributed by atoms with Crippen molar-refractivity contribution in [3.05, 3.63) is 89.6 Å². The molecule has 0 spiro atoms. The van der Waals surface area contributed by atoms with Crippen molar-refractivity contribution in [1.29, 1.82) is 0 Å². The molecule has 116 valence electrons. The van der Waals surface area contributed by atoms with Crippen LogP contribution in [0, 0.1) is 0 Å². The minimum absolute atomic E-state index is 0.397. The maximum atomic E-state index is 12.3. The van der Waals surface area contributed by atoms with Crippen molar-refractivity contribution < 1.29 is 4.42 Å². The Morgan fingerprint density at radius 1 is 1.04 bits per heavy atom. The first-order valence-electron chi connectivity index (χ1n) is 7.56. The van der Waals surface area contributed by atoms with E-state index >= 15 is 0 Å². The molecule has 0 aliphatic heterocycles. The van der Waals surface area contributed by atoms with Crippen LogP contribution in [0.5, 0.6) is 0 Å². The molecule has 2 aromatic carbocycles. The van der Waals surface area contributed by atoms with Gasteiger partial charge in [0.1, 0.15) is 5.58 Å². The molecular weight excluding hydrogens is 300 g/mol. The highest BCUT2D eigenvalue weighted by atomic mass is 16.4. The SMILES string of the molecule is C=Cc1c(-c2cnn(-c3ccccc3)c2)c2ccccc2oc1=O. The lowest BCUT2D eigenvalue weighted by atomic mass is 9.99. The minimum Gasteiger partial charge on any atom is -0.422 e. The lowest BCUT2D eigenvalue weighted by molar-refractivity contribution is 0.560. The van der Waals surface area contributed by atoms with E-state index in [9.17, 15) is 4.79 Å². The van der Waals surface area contributed by atoms with Crippen molar-refractivity contribution in [2.45, 2.75) is 0 Å². The number of rotatable bonds is 3. The van der Waals surface area contributed by atoms with Crippen LogP contribution in [0.15, 0.2) is 82.8 Å². The van der Waals surface area contributed by atoms with Crippen molar-refractivity contribution in [3.63, 3.8) is 0 Å². The average molecular weight is 314 g/mol. The van der Waals surface area contributed by atoms with Crippen LogP contribution < -0.4 is 5.63 Å². The largest absolute Gasteiger partial charge is 0.422 e. The fraction of sp³-hybridized carbons (Fsp3) is 0. The average Bonchev–Trinajstić information content (AvgIpc) is 3.11. The van der Waals surface area contributed by atoms with Crippen molar-refractivity contribution in [1.82, 2.24) is 9.78 Å². The fourth-order valence-electron chi connectivity index (χ4n) is 2.83. The Morgan fingerprint density at radius 2 is 1.79 bits per heavy atom. The van der Waals surface area contributed by atoms with Crippen LogP contribution in [0.3, 0.4) is 0 Å². The second-order valence-corrected chi connectivity index (χ2v) is 5.39. The van der Waals surface area contributed by atoms with E-state index in [1.54, 1.807) is 16.9 Å². The summed E-state index contributed by atoms with van der Waals surface area (Å²) >= 11 is 0. The maximum absolute atomic E-state index is 12.3. The van der Waals surface area contributed by atoms with Gasteiger partial charge in [0.05, 0.1) is 17.4 Å². The van der Waals surface area contributed by atoms with Crippen molar-refractivity contribution in [2.24, 2.45) is 0 Å². The Balaban J connectivity index is 1.99. The summed E-state index contributed by atoms with van der Waals surface area (Å²) in [7, 11) is 0. The van der Waals surface area contributed by atoms with E-state index in [2.05, 4.69) is 11.7 Å². The Kier molecular flexibility index (Phi) is 3.35.